The van der Waals surface area contributed by atoms with E-state index in [2.05, 4.69) is 15.3 Å². The smallest absolute Gasteiger partial charge is 0.278 e. The number of alkyl halides is 3. The van der Waals surface area contributed by atoms with Crippen LogP contribution in [0.2, 0.25) is 0 Å². The second-order valence-corrected chi connectivity index (χ2v) is 9.48. The third-order valence-electron chi connectivity index (χ3n) is 6.74. The molecule has 0 spiro atoms. The summed E-state index contributed by atoms with van der Waals surface area (Å²) < 4.78 is 55.5. The van der Waals surface area contributed by atoms with Gasteiger partial charge in [0.15, 0.2) is 0 Å². The van der Waals surface area contributed by atoms with Crippen LogP contribution in [0.4, 0.5) is 17.6 Å². The van der Waals surface area contributed by atoms with Gasteiger partial charge in [0.05, 0.1) is 30.4 Å². The van der Waals surface area contributed by atoms with Crippen LogP contribution in [0.1, 0.15) is 54.5 Å². The highest BCUT2D eigenvalue weighted by molar-refractivity contribution is 5.93. The molecule has 0 unspecified atom stereocenters. The highest BCUT2D eigenvalue weighted by Crippen LogP contribution is 2.41. The van der Waals surface area contributed by atoms with Crippen LogP contribution in [-0.4, -0.2) is 60.1 Å². The van der Waals surface area contributed by atoms with E-state index in [1.165, 1.54) is 7.05 Å². The van der Waals surface area contributed by atoms with Crippen LogP contribution < -0.4 is 11.1 Å². The van der Waals surface area contributed by atoms with Gasteiger partial charge >= 0.3 is 0 Å². The van der Waals surface area contributed by atoms with E-state index in [-0.39, 0.29) is 30.2 Å². The molecule has 38 heavy (non-hydrogen) atoms. The molecule has 1 aromatic carbocycles. The Kier molecular flexibility index (Phi) is 8.43. The molecule has 0 bridgehead atoms. The van der Waals surface area contributed by atoms with Gasteiger partial charge in [0.25, 0.3) is 6.43 Å². The summed E-state index contributed by atoms with van der Waals surface area (Å²) in [6.07, 6.45) is -2.48. The van der Waals surface area contributed by atoms with Crippen molar-refractivity contribution in [1.29, 1.82) is 0 Å². The maximum absolute atomic E-state index is 14.8. The standard InChI is InChI=1S/C27H29F4N5O2/c1-33-13-17(23(32)25(29)30)11-22(37)36-14-18(28)12-21(36)27(38)35-24(16-5-3-2-4-6-16)20-10-9-19(15-7-8-15)26(31)34-20/h2-6,9-10,13,15,18,21,24-25H,7-8,11-12,14,32H2,1H3,(H,35,38)/t18-,21+,24+/m1/s1. The Balaban J connectivity index is 1.58. The Morgan fingerprint density at radius 1 is 1.21 bits per heavy atom. The van der Waals surface area contributed by atoms with E-state index in [1.54, 1.807) is 42.5 Å². The van der Waals surface area contributed by atoms with Crippen molar-refractivity contribution in [2.75, 3.05) is 13.6 Å². The topological polar surface area (TPSA) is 101 Å². The highest BCUT2D eigenvalue weighted by atomic mass is 19.3. The van der Waals surface area contributed by atoms with Gasteiger partial charge in [-0.1, -0.05) is 36.4 Å². The molecule has 202 valence electrons. The predicted molar refractivity (Wildman–Crippen MR) is 134 cm³/mol. The summed E-state index contributed by atoms with van der Waals surface area (Å²) in [5.74, 6) is -1.86. The van der Waals surface area contributed by atoms with Crippen molar-refractivity contribution in [2.24, 2.45) is 10.7 Å². The van der Waals surface area contributed by atoms with E-state index in [1.807, 2.05) is 0 Å². The van der Waals surface area contributed by atoms with E-state index in [9.17, 15) is 27.2 Å². The number of nitrogens with zero attached hydrogens (tertiary/aromatic N) is 3. The first kappa shape index (κ1) is 27.3. The van der Waals surface area contributed by atoms with Crippen molar-refractivity contribution in [1.82, 2.24) is 15.2 Å². The van der Waals surface area contributed by atoms with Crippen LogP contribution in [-0.2, 0) is 9.59 Å². The van der Waals surface area contributed by atoms with Gasteiger partial charge in [-0.2, -0.15) is 4.39 Å². The molecule has 4 rings (SSSR count). The first-order valence-electron chi connectivity index (χ1n) is 12.3. The lowest BCUT2D eigenvalue weighted by Crippen LogP contribution is -2.47. The SMILES string of the molecule is CN=CC(CC(=O)N1C[C@H](F)C[C@H]1C(=O)N[C@@H](c1ccccc1)c1ccc(C2CC2)c(F)n1)=C(N)C(F)F. The number of rotatable bonds is 9. The van der Waals surface area contributed by atoms with Crippen molar-refractivity contribution in [3.05, 3.63) is 76.5 Å². The van der Waals surface area contributed by atoms with Gasteiger partial charge in [-0.15, -0.1) is 0 Å². The Morgan fingerprint density at radius 3 is 2.53 bits per heavy atom. The summed E-state index contributed by atoms with van der Waals surface area (Å²) in [7, 11) is 1.34. The number of hydrogen-bond donors (Lipinski definition) is 2. The maximum atomic E-state index is 14.8. The van der Waals surface area contributed by atoms with Crippen LogP contribution in [0.5, 0.6) is 0 Å². The first-order valence-corrected chi connectivity index (χ1v) is 12.3. The van der Waals surface area contributed by atoms with E-state index in [0.717, 1.165) is 24.0 Å². The summed E-state index contributed by atoms with van der Waals surface area (Å²) in [6, 6.07) is 10.0. The first-order chi connectivity index (χ1) is 18.2. The number of carbonyl (C=O) groups is 2. The molecule has 0 radical (unpaired) electrons. The molecule has 2 aliphatic rings. The van der Waals surface area contributed by atoms with E-state index in [0.29, 0.717) is 11.1 Å². The number of likely N-dealkylation sites (tertiary alicyclic amines) is 1. The van der Waals surface area contributed by atoms with Gasteiger partial charge in [0.2, 0.25) is 17.8 Å². The molecule has 1 aliphatic heterocycles. The minimum Gasteiger partial charge on any atom is -0.397 e. The third-order valence-corrected chi connectivity index (χ3v) is 6.74. The van der Waals surface area contributed by atoms with Crippen LogP contribution in [0, 0.1) is 5.95 Å². The van der Waals surface area contributed by atoms with Crippen LogP contribution >= 0.6 is 0 Å². The lowest BCUT2D eigenvalue weighted by atomic mass is 10.0. The third kappa shape index (κ3) is 6.20. The maximum Gasteiger partial charge on any atom is 0.278 e. The normalized spacial score (nSPS) is 21.1. The molecule has 1 saturated carbocycles. The minimum absolute atomic E-state index is 0.150. The highest BCUT2D eigenvalue weighted by Gasteiger charge is 2.41. The Labute approximate surface area is 217 Å². The van der Waals surface area contributed by atoms with E-state index >= 15 is 0 Å². The zero-order valence-corrected chi connectivity index (χ0v) is 20.8. The Hall–Kier alpha value is -3.76. The Bertz CT molecular complexity index is 1230. The molecule has 2 fully saturated rings. The molecule has 7 nitrogen and oxygen atoms in total. The minimum atomic E-state index is -3.01. The second kappa shape index (κ2) is 11.7. The summed E-state index contributed by atoms with van der Waals surface area (Å²) >= 11 is 0. The summed E-state index contributed by atoms with van der Waals surface area (Å²) in [6.45, 7) is -0.374. The van der Waals surface area contributed by atoms with Gasteiger partial charge in [0, 0.05) is 30.8 Å². The molecule has 2 amide bonds. The predicted octanol–water partition coefficient (Wildman–Crippen LogP) is 3.81. The Morgan fingerprint density at radius 2 is 1.92 bits per heavy atom. The average molecular weight is 532 g/mol. The van der Waals surface area contributed by atoms with Gasteiger partial charge in [-0.25, -0.2) is 18.2 Å². The quantitative estimate of drug-likeness (QED) is 0.292. The molecule has 1 aliphatic carbocycles. The number of nitrogens with two attached hydrogens (primary N) is 1. The fourth-order valence-electron chi connectivity index (χ4n) is 4.62. The average Bonchev–Trinajstić information content (AvgIpc) is 3.66. The number of hydrogen-bond acceptors (Lipinski definition) is 5. The number of halogens is 4. The molecule has 2 aromatic rings. The number of nitrogens with one attached hydrogen (secondary N) is 1. The summed E-state index contributed by atoms with van der Waals surface area (Å²) in [5.41, 5.74) is 5.82. The number of benzene rings is 1. The van der Waals surface area contributed by atoms with Gasteiger partial charge in [0.1, 0.15) is 12.2 Å². The number of pyridine rings is 1. The van der Waals surface area contributed by atoms with E-state index < -0.39 is 54.6 Å². The number of allylic oxidation sites excluding steroid dienone is 1. The van der Waals surface area contributed by atoms with Gasteiger partial charge in [-0.3, -0.25) is 14.6 Å². The lowest BCUT2D eigenvalue weighted by Gasteiger charge is -2.27. The van der Waals surface area contributed by atoms with Crippen LogP contribution in [0.3, 0.4) is 0 Å². The molecular formula is C27H29F4N5O2. The fourth-order valence-corrected chi connectivity index (χ4v) is 4.62. The molecule has 3 atom stereocenters. The molecule has 3 N–H and O–H groups in total. The molecule has 2 heterocycles. The van der Waals surface area contributed by atoms with E-state index in [4.69, 9.17) is 5.73 Å². The zero-order chi connectivity index (χ0) is 27.4. The largest absolute Gasteiger partial charge is 0.397 e. The van der Waals surface area contributed by atoms with Crippen molar-refractivity contribution >= 4 is 18.0 Å². The molecule has 11 heteroatoms. The van der Waals surface area contributed by atoms with Crippen LogP contribution in [0.25, 0.3) is 0 Å². The van der Waals surface area contributed by atoms with Crippen molar-refractivity contribution in [3.8, 4) is 0 Å². The second-order valence-electron chi connectivity index (χ2n) is 9.48. The van der Waals surface area contributed by atoms with Gasteiger partial charge in [-0.05, 0) is 30.4 Å². The number of aromatic nitrogens is 1. The summed E-state index contributed by atoms with van der Waals surface area (Å²) in [4.78, 5) is 35.2. The van der Waals surface area contributed by atoms with Crippen molar-refractivity contribution in [3.63, 3.8) is 0 Å². The lowest BCUT2D eigenvalue weighted by molar-refractivity contribution is -0.138. The fraction of sp³-hybridized carbons (Fsp3) is 0.407. The van der Waals surface area contributed by atoms with Crippen LogP contribution in [0.15, 0.2) is 58.7 Å². The zero-order valence-electron chi connectivity index (χ0n) is 20.8. The molecular weight excluding hydrogens is 502 g/mol. The molecule has 1 saturated heterocycles. The van der Waals surface area contributed by atoms with Crippen molar-refractivity contribution < 1.29 is 27.2 Å². The number of carbonyl (C=O) groups excluding carboxylic acids is 2. The monoisotopic (exact) mass is 531 g/mol. The van der Waals surface area contributed by atoms with Crippen molar-refractivity contribution in [2.45, 2.75) is 56.3 Å². The number of aliphatic imine (C=N–C) groups is 1. The number of amides is 2. The van der Waals surface area contributed by atoms with Gasteiger partial charge < -0.3 is 16.0 Å². The molecule has 1 aromatic heterocycles. The summed E-state index contributed by atoms with van der Waals surface area (Å²) in [5, 5.41) is 2.80.